The van der Waals surface area contributed by atoms with Crippen molar-refractivity contribution in [2.75, 3.05) is 6.61 Å². The zero-order valence-corrected chi connectivity index (χ0v) is 15.9. The molecule has 0 bridgehead atoms. The predicted molar refractivity (Wildman–Crippen MR) is 98.3 cm³/mol. The van der Waals surface area contributed by atoms with Gasteiger partial charge in [0.15, 0.2) is 0 Å². The number of ether oxygens (including phenoxy) is 1. The second-order valence-electron chi connectivity index (χ2n) is 8.25. The maximum atomic E-state index is 14.8. The largest absolute Gasteiger partial charge is 0.493 e. The Morgan fingerprint density at radius 2 is 1.54 bits per heavy atom. The first kappa shape index (κ1) is 19.6. The van der Waals surface area contributed by atoms with Gasteiger partial charge in [0.25, 0.3) is 6.43 Å². The van der Waals surface area contributed by atoms with Gasteiger partial charge in [0.1, 0.15) is 11.6 Å². The molecule has 2 aliphatic rings. The van der Waals surface area contributed by atoms with E-state index >= 15 is 0 Å². The number of benzene rings is 1. The highest BCUT2D eigenvalue weighted by atomic mass is 19.3. The minimum Gasteiger partial charge on any atom is -0.493 e. The third-order valence-corrected chi connectivity index (χ3v) is 6.63. The van der Waals surface area contributed by atoms with E-state index in [-0.39, 0.29) is 18.3 Å². The van der Waals surface area contributed by atoms with Crippen molar-refractivity contribution in [3.05, 3.63) is 29.1 Å². The molecule has 2 saturated carbocycles. The highest BCUT2D eigenvalue weighted by Crippen LogP contribution is 2.45. The molecule has 0 aliphatic heterocycles. The Bertz CT molecular complexity index is 585. The molecule has 0 amide bonds. The molecule has 0 spiro atoms. The van der Waals surface area contributed by atoms with E-state index in [0.717, 1.165) is 43.4 Å². The summed E-state index contributed by atoms with van der Waals surface area (Å²) in [6, 6.07) is 3.19. The fourth-order valence-corrected chi connectivity index (χ4v) is 5.05. The second kappa shape index (κ2) is 8.67. The Balaban J connectivity index is 1.68. The Morgan fingerprint density at radius 3 is 2.08 bits per heavy atom. The van der Waals surface area contributed by atoms with Crippen LogP contribution in [0.15, 0.2) is 12.1 Å². The molecule has 0 radical (unpaired) electrons. The van der Waals surface area contributed by atoms with Crippen LogP contribution in [-0.4, -0.2) is 6.61 Å². The lowest BCUT2D eigenvalue weighted by molar-refractivity contribution is 0.139. The molecule has 0 aromatic heterocycles. The van der Waals surface area contributed by atoms with E-state index in [2.05, 4.69) is 6.92 Å². The monoisotopic (exact) mass is 368 g/mol. The summed E-state index contributed by atoms with van der Waals surface area (Å²) in [5.74, 6) is 1.69. The van der Waals surface area contributed by atoms with Crippen LogP contribution in [0.3, 0.4) is 0 Å². The third kappa shape index (κ3) is 4.20. The molecule has 1 nitrogen and oxygen atoms in total. The maximum Gasteiger partial charge on any atom is 0.270 e. The van der Waals surface area contributed by atoms with E-state index in [0.29, 0.717) is 5.56 Å². The highest BCUT2D eigenvalue weighted by molar-refractivity contribution is 5.41. The summed E-state index contributed by atoms with van der Waals surface area (Å²) in [4.78, 5) is 0. The van der Waals surface area contributed by atoms with Gasteiger partial charge in [0.2, 0.25) is 0 Å². The first-order chi connectivity index (χ1) is 12.5. The van der Waals surface area contributed by atoms with Crippen LogP contribution in [0.25, 0.3) is 0 Å². The summed E-state index contributed by atoms with van der Waals surface area (Å²) in [7, 11) is 0. The lowest BCUT2D eigenvalue weighted by Gasteiger charge is -2.37. The van der Waals surface area contributed by atoms with Gasteiger partial charge >= 0.3 is 0 Å². The van der Waals surface area contributed by atoms with Gasteiger partial charge in [-0.1, -0.05) is 25.8 Å². The lowest BCUT2D eigenvalue weighted by atomic mass is 9.68. The van der Waals surface area contributed by atoms with Gasteiger partial charge in [-0.05, 0) is 80.8 Å². The van der Waals surface area contributed by atoms with Crippen molar-refractivity contribution in [1.82, 2.24) is 0 Å². The topological polar surface area (TPSA) is 9.23 Å². The molecule has 1 aromatic rings. The van der Waals surface area contributed by atoms with Gasteiger partial charge in [0.05, 0.1) is 12.2 Å². The SMILES string of the molecule is CCOc1ccc(C2CCC(C3CCC(C)CC3)CC2)c(F)c1C(F)F. The minimum atomic E-state index is -2.85. The number of halogens is 3. The van der Waals surface area contributed by atoms with Crippen LogP contribution in [0.5, 0.6) is 5.75 Å². The fourth-order valence-electron chi connectivity index (χ4n) is 5.05. The maximum absolute atomic E-state index is 14.8. The van der Waals surface area contributed by atoms with Gasteiger partial charge < -0.3 is 4.74 Å². The van der Waals surface area contributed by atoms with Crippen molar-refractivity contribution < 1.29 is 17.9 Å². The van der Waals surface area contributed by atoms with Crippen LogP contribution >= 0.6 is 0 Å². The van der Waals surface area contributed by atoms with Gasteiger partial charge in [-0.3, -0.25) is 0 Å². The standard InChI is InChI=1S/C22H31F3O/c1-3-26-19-13-12-18(21(23)20(19)22(24)25)17-10-8-16(9-11-17)15-6-4-14(2)5-7-15/h12-17,22H,3-11H2,1-2H3. The molecule has 0 atom stereocenters. The van der Waals surface area contributed by atoms with Crippen molar-refractivity contribution in [3.8, 4) is 5.75 Å². The molecule has 26 heavy (non-hydrogen) atoms. The molecule has 3 rings (SSSR count). The molecule has 1 aromatic carbocycles. The van der Waals surface area contributed by atoms with E-state index in [1.807, 2.05) is 0 Å². The first-order valence-corrected chi connectivity index (χ1v) is 10.2. The highest BCUT2D eigenvalue weighted by Gasteiger charge is 2.32. The van der Waals surface area contributed by atoms with Crippen LogP contribution in [-0.2, 0) is 0 Å². The van der Waals surface area contributed by atoms with E-state index in [1.165, 1.54) is 31.7 Å². The molecular weight excluding hydrogens is 337 g/mol. The quantitative estimate of drug-likeness (QED) is 0.531. The van der Waals surface area contributed by atoms with Crippen molar-refractivity contribution in [2.24, 2.45) is 17.8 Å². The first-order valence-electron chi connectivity index (χ1n) is 10.2. The Morgan fingerprint density at radius 1 is 0.962 bits per heavy atom. The van der Waals surface area contributed by atoms with E-state index in [9.17, 15) is 13.2 Å². The van der Waals surface area contributed by atoms with Crippen LogP contribution in [0, 0.1) is 23.6 Å². The zero-order chi connectivity index (χ0) is 18.7. The van der Waals surface area contributed by atoms with Crippen molar-refractivity contribution in [1.29, 1.82) is 0 Å². The molecule has 0 unspecified atom stereocenters. The molecular formula is C22H31F3O. The normalized spacial score (nSPS) is 29.8. The molecule has 2 fully saturated rings. The number of hydrogen-bond donors (Lipinski definition) is 0. The van der Waals surface area contributed by atoms with Crippen molar-refractivity contribution in [3.63, 3.8) is 0 Å². The van der Waals surface area contributed by atoms with Crippen LogP contribution < -0.4 is 4.74 Å². The third-order valence-electron chi connectivity index (χ3n) is 6.63. The Labute approximate surface area is 155 Å². The summed E-state index contributed by atoms with van der Waals surface area (Å²) in [5, 5.41) is 0. The molecule has 4 heteroatoms. The zero-order valence-electron chi connectivity index (χ0n) is 15.9. The molecule has 0 heterocycles. The van der Waals surface area contributed by atoms with Gasteiger partial charge in [-0.15, -0.1) is 0 Å². The van der Waals surface area contributed by atoms with Crippen LogP contribution in [0.4, 0.5) is 13.2 Å². The summed E-state index contributed by atoms with van der Waals surface area (Å²) in [6.45, 7) is 4.31. The van der Waals surface area contributed by atoms with Gasteiger partial charge in [-0.2, -0.15) is 0 Å². The number of rotatable bonds is 5. The van der Waals surface area contributed by atoms with E-state index in [1.54, 1.807) is 13.0 Å². The van der Waals surface area contributed by atoms with Gasteiger partial charge in [-0.25, -0.2) is 13.2 Å². The summed E-state index contributed by atoms with van der Waals surface area (Å²) < 4.78 is 46.8. The molecule has 0 saturated heterocycles. The lowest BCUT2D eigenvalue weighted by Crippen LogP contribution is -2.25. The van der Waals surface area contributed by atoms with Crippen molar-refractivity contribution >= 4 is 0 Å². The van der Waals surface area contributed by atoms with E-state index < -0.39 is 17.8 Å². The van der Waals surface area contributed by atoms with E-state index in [4.69, 9.17) is 4.74 Å². The number of hydrogen-bond acceptors (Lipinski definition) is 1. The van der Waals surface area contributed by atoms with Gasteiger partial charge in [0, 0.05) is 0 Å². The average Bonchev–Trinajstić information content (AvgIpc) is 2.63. The molecule has 2 aliphatic carbocycles. The summed E-state index contributed by atoms with van der Waals surface area (Å²) in [5.41, 5.74) is -0.104. The van der Waals surface area contributed by atoms with Crippen LogP contribution in [0.2, 0.25) is 0 Å². The second-order valence-corrected chi connectivity index (χ2v) is 8.25. The Hall–Kier alpha value is -1.19. The van der Waals surface area contributed by atoms with Crippen LogP contribution in [0.1, 0.15) is 88.7 Å². The summed E-state index contributed by atoms with van der Waals surface area (Å²) >= 11 is 0. The Kier molecular flexibility index (Phi) is 6.52. The fraction of sp³-hybridized carbons (Fsp3) is 0.727. The van der Waals surface area contributed by atoms with Crippen molar-refractivity contribution in [2.45, 2.75) is 77.6 Å². The number of alkyl halides is 2. The molecule has 146 valence electrons. The average molecular weight is 368 g/mol. The summed E-state index contributed by atoms with van der Waals surface area (Å²) in [6.07, 6.45) is 6.46. The minimum absolute atomic E-state index is 0.0197. The smallest absolute Gasteiger partial charge is 0.270 e. The predicted octanol–water partition coefficient (Wildman–Crippen LogP) is 7.26. The molecule has 0 N–H and O–H groups in total.